The van der Waals surface area contributed by atoms with Gasteiger partial charge < -0.3 is 4.42 Å². The molecule has 7 aromatic carbocycles. The van der Waals surface area contributed by atoms with Gasteiger partial charge in [-0.3, -0.25) is 0 Å². The van der Waals surface area contributed by atoms with Crippen LogP contribution in [0.3, 0.4) is 0 Å². The average molecular weight is 683 g/mol. The van der Waals surface area contributed by atoms with E-state index < -0.39 is 0 Å². The van der Waals surface area contributed by atoms with Crippen LogP contribution in [0, 0.1) is 0 Å². The van der Waals surface area contributed by atoms with Gasteiger partial charge in [-0.1, -0.05) is 127 Å². The van der Waals surface area contributed by atoms with Crippen molar-refractivity contribution in [3.05, 3.63) is 158 Å². The fraction of sp³-hybridized carbons (Fsp3) is 0. The van der Waals surface area contributed by atoms with Gasteiger partial charge in [0.15, 0.2) is 17.5 Å². The number of aromatic nitrogens is 4. The van der Waals surface area contributed by atoms with E-state index in [4.69, 9.17) is 24.4 Å². The van der Waals surface area contributed by atoms with Crippen LogP contribution in [0.5, 0.6) is 0 Å². The van der Waals surface area contributed by atoms with Crippen LogP contribution >= 0.6 is 11.3 Å². The van der Waals surface area contributed by atoms with Crippen LogP contribution in [0.4, 0.5) is 0 Å². The summed E-state index contributed by atoms with van der Waals surface area (Å²) in [6.45, 7) is 0. The zero-order chi connectivity index (χ0) is 34.2. The monoisotopic (exact) mass is 682 g/mol. The number of hydrogen-bond acceptors (Lipinski definition) is 6. The SMILES string of the molecule is c1ccc(-c2nc(-c3ccc(-c4nc5ccccc5c5sc6ccccc6c45)c4ccccc34)nc(-c3cccc4oc5ccccc5c34)n2)cc1. The molecule has 6 heteroatoms. The van der Waals surface area contributed by atoms with E-state index in [9.17, 15) is 0 Å². The van der Waals surface area contributed by atoms with Crippen molar-refractivity contribution in [2.75, 3.05) is 0 Å². The fourth-order valence-electron chi connectivity index (χ4n) is 7.60. The normalized spacial score (nSPS) is 11.8. The molecule has 4 aromatic heterocycles. The fourth-order valence-corrected chi connectivity index (χ4v) is 8.84. The Kier molecular flexibility index (Phi) is 6.35. The number of hydrogen-bond donors (Lipinski definition) is 0. The maximum absolute atomic E-state index is 6.26. The molecule has 0 N–H and O–H groups in total. The molecule has 0 spiro atoms. The van der Waals surface area contributed by atoms with E-state index >= 15 is 0 Å². The zero-order valence-corrected chi connectivity index (χ0v) is 28.4. The first kappa shape index (κ1) is 29.0. The van der Waals surface area contributed by atoms with Crippen LogP contribution in [0.2, 0.25) is 0 Å². The molecule has 0 aliphatic heterocycles. The lowest BCUT2D eigenvalue weighted by atomic mass is 9.94. The van der Waals surface area contributed by atoms with E-state index in [2.05, 4.69) is 97.1 Å². The standard InChI is InChI=1S/C46H26N4OS/c1-2-13-27(14-3-1)44-48-45(50-46(49-44)35-20-12-23-38-40(35)33-18-7-10-22-37(33)51-38)31-26-25-30(28-15-4-5-16-29(28)31)42-41-34-19-8-11-24-39(34)52-43(41)32-17-6-9-21-36(32)47-42/h1-26H. The lowest BCUT2D eigenvalue weighted by Crippen LogP contribution is -2.01. The maximum atomic E-state index is 6.26. The van der Waals surface area contributed by atoms with Gasteiger partial charge in [-0.05, 0) is 41.1 Å². The van der Waals surface area contributed by atoms with Crippen LogP contribution in [0.25, 0.3) is 109 Å². The number of furan rings is 1. The highest BCUT2D eigenvalue weighted by Gasteiger charge is 2.21. The zero-order valence-electron chi connectivity index (χ0n) is 27.6. The predicted octanol–water partition coefficient (Wildman–Crippen LogP) is 12.5. The molecule has 0 bridgehead atoms. The van der Waals surface area contributed by atoms with Gasteiger partial charge in [0.25, 0.3) is 0 Å². The summed E-state index contributed by atoms with van der Waals surface area (Å²) < 4.78 is 8.77. The van der Waals surface area contributed by atoms with Gasteiger partial charge in [0.2, 0.25) is 0 Å². The summed E-state index contributed by atoms with van der Waals surface area (Å²) in [4.78, 5) is 20.8. The lowest BCUT2D eigenvalue weighted by Gasteiger charge is -2.14. The third-order valence-corrected chi connectivity index (χ3v) is 11.1. The van der Waals surface area contributed by atoms with E-state index in [1.807, 2.05) is 72.0 Å². The van der Waals surface area contributed by atoms with Gasteiger partial charge in [0.1, 0.15) is 11.2 Å². The quantitative estimate of drug-likeness (QED) is 0.185. The van der Waals surface area contributed by atoms with Crippen molar-refractivity contribution < 1.29 is 4.42 Å². The highest BCUT2D eigenvalue weighted by molar-refractivity contribution is 7.26. The molecule has 0 fully saturated rings. The van der Waals surface area contributed by atoms with E-state index in [0.717, 1.165) is 66.2 Å². The Morgan fingerprint density at radius 2 is 1.00 bits per heavy atom. The number of rotatable bonds is 4. The minimum atomic E-state index is 0.594. The van der Waals surface area contributed by atoms with E-state index in [1.54, 1.807) is 0 Å². The van der Waals surface area contributed by atoms with E-state index in [0.29, 0.717) is 17.5 Å². The van der Waals surface area contributed by atoms with Gasteiger partial charge in [0, 0.05) is 58.6 Å². The third-order valence-electron chi connectivity index (χ3n) is 9.94. The highest BCUT2D eigenvalue weighted by Crippen LogP contribution is 2.45. The van der Waals surface area contributed by atoms with Crippen molar-refractivity contribution in [1.82, 2.24) is 19.9 Å². The van der Waals surface area contributed by atoms with Crippen molar-refractivity contribution in [3.63, 3.8) is 0 Å². The summed E-state index contributed by atoms with van der Waals surface area (Å²) in [5.74, 6) is 1.81. The summed E-state index contributed by atoms with van der Waals surface area (Å²) >= 11 is 1.83. The van der Waals surface area contributed by atoms with Gasteiger partial charge >= 0.3 is 0 Å². The Hall–Kier alpha value is -6.76. The molecule has 242 valence electrons. The summed E-state index contributed by atoms with van der Waals surface area (Å²) in [5, 5.41) is 7.74. The number of pyridine rings is 1. The van der Waals surface area contributed by atoms with Crippen molar-refractivity contribution in [2.45, 2.75) is 0 Å². The molecule has 5 nitrogen and oxygen atoms in total. The number of benzene rings is 7. The van der Waals surface area contributed by atoms with Gasteiger partial charge in [-0.15, -0.1) is 11.3 Å². The summed E-state index contributed by atoms with van der Waals surface area (Å²) in [7, 11) is 0. The molecule has 0 unspecified atom stereocenters. The predicted molar refractivity (Wildman–Crippen MR) is 215 cm³/mol. The van der Waals surface area contributed by atoms with Crippen molar-refractivity contribution in [1.29, 1.82) is 0 Å². The molecular formula is C46H26N4OS. The van der Waals surface area contributed by atoms with Crippen LogP contribution in [0.15, 0.2) is 162 Å². The largest absolute Gasteiger partial charge is 0.456 e. The first-order chi connectivity index (χ1) is 25.8. The number of para-hydroxylation sites is 2. The van der Waals surface area contributed by atoms with Gasteiger partial charge in [0.05, 0.1) is 11.2 Å². The molecule has 0 saturated heterocycles. The molecule has 11 rings (SSSR count). The van der Waals surface area contributed by atoms with Crippen molar-refractivity contribution in [3.8, 4) is 45.4 Å². The minimum absolute atomic E-state index is 0.594. The van der Waals surface area contributed by atoms with Gasteiger partial charge in [-0.25, -0.2) is 19.9 Å². The maximum Gasteiger partial charge on any atom is 0.164 e. The number of nitrogens with zero attached hydrogens (tertiary/aromatic N) is 4. The molecule has 4 heterocycles. The average Bonchev–Trinajstić information content (AvgIpc) is 3.80. The Labute approximate surface area is 301 Å². The Bertz CT molecular complexity index is 3200. The van der Waals surface area contributed by atoms with Crippen LogP contribution in [0.1, 0.15) is 0 Å². The van der Waals surface area contributed by atoms with Crippen molar-refractivity contribution >= 4 is 75.1 Å². The smallest absolute Gasteiger partial charge is 0.164 e. The lowest BCUT2D eigenvalue weighted by molar-refractivity contribution is 0.669. The van der Waals surface area contributed by atoms with Crippen LogP contribution in [-0.4, -0.2) is 19.9 Å². The molecule has 0 amide bonds. The molecule has 0 atom stereocenters. The van der Waals surface area contributed by atoms with Crippen LogP contribution in [-0.2, 0) is 0 Å². The van der Waals surface area contributed by atoms with E-state index in [-0.39, 0.29) is 0 Å². The van der Waals surface area contributed by atoms with E-state index in [1.165, 1.54) is 25.6 Å². The molecule has 0 saturated carbocycles. The third kappa shape index (κ3) is 4.41. The second-order valence-corrected chi connectivity index (χ2v) is 14.0. The summed E-state index contributed by atoms with van der Waals surface area (Å²) in [6.07, 6.45) is 0. The number of fused-ring (bicyclic) bond motifs is 9. The Morgan fingerprint density at radius 1 is 0.385 bits per heavy atom. The molecular weight excluding hydrogens is 657 g/mol. The molecule has 52 heavy (non-hydrogen) atoms. The number of thiophene rings is 1. The first-order valence-corrected chi connectivity index (χ1v) is 18.0. The van der Waals surface area contributed by atoms with Crippen molar-refractivity contribution in [2.24, 2.45) is 0 Å². The minimum Gasteiger partial charge on any atom is -0.456 e. The second-order valence-electron chi connectivity index (χ2n) is 12.9. The molecule has 11 aromatic rings. The topological polar surface area (TPSA) is 64.7 Å². The summed E-state index contributed by atoms with van der Waals surface area (Å²) in [5.41, 5.74) is 7.42. The Balaban J connectivity index is 1.18. The Morgan fingerprint density at radius 3 is 1.85 bits per heavy atom. The molecule has 0 radical (unpaired) electrons. The molecule has 0 aliphatic carbocycles. The summed E-state index contributed by atoms with van der Waals surface area (Å²) in [6, 6.07) is 54.3. The molecule has 0 aliphatic rings. The second kappa shape index (κ2) is 11.4. The first-order valence-electron chi connectivity index (χ1n) is 17.2. The van der Waals surface area contributed by atoms with Crippen LogP contribution < -0.4 is 0 Å². The highest BCUT2D eigenvalue weighted by atomic mass is 32.1. The van der Waals surface area contributed by atoms with Gasteiger partial charge in [-0.2, -0.15) is 0 Å².